The number of hydrogen-bond donors (Lipinski definition) is 0. The van der Waals surface area contributed by atoms with E-state index in [-0.39, 0.29) is 5.78 Å². The number of allylic oxidation sites excluding steroid dienone is 2. The van der Waals surface area contributed by atoms with Gasteiger partial charge in [-0.25, -0.2) is 0 Å². The van der Waals surface area contributed by atoms with Gasteiger partial charge in [-0.15, -0.1) is 0 Å². The molecule has 0 aromatic carbocycles. The van der Waals surface area contributed by atoms with Crippen molar-refractivity contribution in [2.24, 2.45) is 0 Å². The van der Waals surface area contributed by atoms with Crippen LogP contribution in [0.5, 0.6) is 0 Å². The Hall–Kier alpha value is -0.590. The maximum absolute atomic E-state index is 11.1. The van der Waals surface area contributed by atoms with E-state index in [0.717, 1.165) is 12.8 Å². The Kier molecular flexibility index (Phi) is 6.73. The molecule has 0 saturated carbocycles. The molecule has 12 heavy (non-hydrogen) atoms. The predicted octanol–water partition coefficient (Wildman–Crippen LogP) is 3.49. The molecule has 0 aliphatic rings. The predicted molar refractivity (Wildman–Crippen MR) is 53.2 cm³/mol. The number of rotatable bonds is 6. The van der Waals surface area contributed by atoms with Crippen molar-refractivity contribution in [1.29, 1.82) is 0 Å². The van der Waals surface area contributed by atoms with Crippen LogP contribution < -0.4 is 0 Å². The lowest BCUT2D eigenvalue weighted by molar-refractivity contribution is -0.114. The summed E-state index contributed by atoms with van der Waals surface area (Å²) >= 11 is 0. The summed E-state index contributed by atoms with van der Waals surface area (Å²) in [5.41, 5.74) is 1.23. The second-order valence-corrected chi connectivity index (χ2v) is 3.31. The van der Waals surface area contributed by atoms with Gasteiger partial charge in [0.05, 0.1) is 0 Å². The fraction of sp³-hybridized carbons (Fsp3) is 0.727. The Bertz CT molecular complexity index is 156. The van der Waals surface area contributed by atoms with Gasteiger partial charge in [0.1, 0.15) is 0 Å². The van der Waals surface area contributed by atoms with E-state index in [1.807, 2.05) is 13.8 Å². The lowest BCUT2D eigenvalue weighted by Gasteiger charge is -1.98. The first-order chi connectivity index (χ1) is 5.70. The molecule has 0 radical (unpaired) electrons. The first-order valence-corrected chi connectivity index (χ1v) is 4.90. The van der Waals surface area contributed by atoms with E-state index in [4.69, 9.17) is 0 Å². The van der Waals surface area contributed by atoms with Crippen LogP contribution in [-0.4, -0.2) is 5.78 Å². The van der Waals surface area contributed by atoms with Crippen molar-refractivity contribution in [2.45, 2.75) is 52.9 Å². The van der Waals surface area contributed by atoms with Crippen LogP contribution in [0.1, 0.15) is 52.9 Å². The highest BCUT2D eigenvalue weighted by Gasteiger charge is 1.96. The second-order valence-electron chi connectivity index (χ2n) is 3.31. The molecular formula is C11H20O. The maximum Gasteiger partial charge on any atom is 0.155 e. The number of carbonyl (C=O) groups is 1. The highest BCUT2D eigenvalue weighted by atomic mass is 16.1. The summed E-state index contributed by atoms with van der Waals surface area (Å²) < 4.78 is 0. The topological polar surface area (TPSA) is 17.1 Å². The smallest absolute Gasteiger partial charge is 0.155 e. The Morgan fingerprint density at radius 2 is 1.83 bits per heavy atom. The first kappa shape index (κ1) is 11.4. The van der Waals surface area contributed by atoms with Crippen molar-refractivity contribution in [3.63, 3.8) is 0 Å². The van der Waals surface area contributed by atoms with Crippen molar-refractivity contribution < 1.29 is 4.79 Å². The van der Waals surface area contributed by atoms with Crippen LogP contribution in [-0.2, 0) is 4.79 Å². The summed E-state index contributed by atoms with van der Waals surface area (Å²) in [7, 11) is 0. The van der Waals surface area contributed by atoms with Crippen LogP contribution in [0, 0.1) is 0 Å². The minimum absolute atomic E-state index is 0.283. The SMILES string of the molecule is CCCCC(C)=CC(=O)CCC. The zero-order chi connectivity index (χ0) is 9.40. The van der Waals surface area contributed by atoms with Gasteiger partial charge in [-0.1, -0.05) is 25.8 Å². The third kappa shape index (κ3) is 6.14. The molecule has 0 atom stereocenters. The maximum atomic E-state index is 11.1. The molecule has 0 aliphatic heterocycles. The number of carbonyl (C=O) groups excluding carboxylic acids is 1. The summed E-state index contributed by atoms with van der Waals surface area (Å²) in [5.74, 6) is 0.283. The highest BCUT2D eigenvalue weighted by Crippen LogP contribution is 2.06. The number of ketones is 1. The van der Waals surface area contributed by atoms with E-state index in [2.05, 4.69) is 6.92 Å². The van der Waals surface area contributed by atoms with E-state index in [1.165, 1.54) is 18.4 Å². The highest BCUT2D eigenvalue weighted by molar-refractivity contribution is 5.90. The summed E-state index contributed by atoms with van der Waals surface area (Å²) in [6.07, 6.45) is 6.93. The van der Waals surface area contributed by atoms with Gasteiger partial charge in [0.25, 0.3) is 0 Å². The zero-order valence-corrected chi connectivity index (χ0v) is 8.52. The van der Waals surface area contributed by atoms with Crippen molar-refractivity contribution in [3.8, 4) is 0 Å². The number of hydrogen-bond acceptors (Lipinski definition) is 1. The van der Waals surface area contributed by atoms with Gasteiger partial charge in [-0.3, -0.25) is 4.79 Å². The minimum atomic E-state index is 0.283. The van der Waals surface area contributed by atoms with Gasteiger partial charge in [0.15, 0.2) is 5.78 Å². The van der Waals surface area contributed by atoms with Gasteiger partial charge in [-0.2, -0.15) is 0 Å². The van der Waals surface area contributed by atoms with Crippen LogP contribution in [0.15, 0.2) is 11.6 Å². The molecule has 0 N–H and O–H groups in total. The van der Waals surface area contributed by atoms with Crippen LogP contribution in [0.3, 0.4) is 0 Å². The summed E-state index contributed by atoms with van der Waals surface area (Å²) in [6, 6.07) is 0. The van der Waals surface area contributed by atoms with Crippen LogP contribution in [0.25, 0.3) is 0 Å². The quantitative estimate of drug-likeness (QED) is 0.555. The van der Waals surface area contributed by atoms with Crippen molar-refractivity contribution >= 4 is 5.78 Å². The fourth-order valence-electron chi connectivity index (χ4n) is 1.12. The molecule has 0 heterocycles. The van der Waals surface area contributed by atoms with Crippen molar-refractivity contribution in [3.05, 3.63) is 11.6 Å². The molecular weight excluding hydrogens is 148 g/mol. The molecule has 70 valence electrons. The van der Waals surface area contributed by atoms with Gasteiger partial charge in [0.2, 0.25) is 0 Å². The molecule has 0 saturated heterocycles. The molecule has 0 bridgehead atoms. The van der Waals surface area contributed by atoms with E-state index >= 15 is 0 Å². The monoisotopic (exact) mass is 168 g/mol. The lowest BCUT2D eigenvalue weighted by atomic mass is 10.1. The third-order valence-corrected chi connectivity index (χ3v) is 1.83. The molecule has 0 aliphatic carbocycles. The molecule has 0 unspecified atom stereocenters. The summed E-state index contributed by atoms with van der Waals surface area (Å²) in [4.78, 5) is 11.1. The first-order valence-electron chi connectivity index (χ1n) is 4.90. The van der Waals surface area contributed by atoms with Crippen molar-refractivity contribution in [2.75, 3.05) is 0 Å². The van der Waals surface area contributed by atoms with E-state index < -0.39 is 0 Å². The van der Waals surface area contributed by atoms with Gasteiger partial charge in [0, 0.05) is 6.42 Å². The molecule has 0 fully saturated rings. The van der Waals surface area contributed by atoms with Gasteiger partial charge < -0.3 is 0 Å². The molecule has 0 amide bonds. The summed E-state index contributed by atoms with van der Waals surface area (Å²) in [6.45, 7) is 6.25. The standard InChI is InChI=1S/C11H20O/c1-4-6-8-10(3)9-11(12)7-5-2/h9H,4-8H2,1-3H3. The molecule has 0 aromatic rings. The lowest BCUT2D eigenvalue weighted by Crippen LogP contribution is -1.92. The Balaban J connectivity index is 3.72. The van der Waals surface area contributed by atoms with Crippen molar-refractivity contribution in [1.82, 2.24) is 0 Å². The Morgan fingerprint density at radius 1 is 1.17 bits per heavy atom. The van der Waals surface area contributed by atoms with Crippen LogP contribution in [0.4, 0.5) is 0 Å². The van der Waals surface area contributed by atoms with Crippen LogP contribution in [0.2, 0.25) is 0 Å². The Labute approximate surface area is 75.9 Å². The normalized spacial score (nSPS) is 11.8. The molecule has 0 aromatic heterocycles. The second kappa shape index (κ2) is 7.08. The van der Waals surface area contributed by atoms with Crippen LogP contribution >= 0.6 is 0 Å². The zero-order valence-electron chi connectivity index (χ0n) is 8.52. The Morgan fingerprint density at radius 3 is 2.33 bits per heavy atom. The van der Waals surface area contributed by atoms with Gasteiger partial charge >= 0.3 is 0 Å². The average molecular weight is 168 g/mol. The average Bonchev–Trinajstić information content (AvgIpc) is 2.01. The molecule has 0 rings (SSSR count). The molecule has 1 nitrogen and oxygen atoms in total. The van der Waals surface area contributed by atoms with E-state index in [0.29, 0.717) is 6.42 Å². The fourth-order valence-corrected chi connectivity index (χ4v) is 1.12. The third-order valence-electron chi connectivity index (χ3n) is 1.83. The minimum Gasteiger partial charge on any atom is -0.295 e. The molecule has 0 spiro atoms. The number of unbranched alkanes of at least 4 members (excludes halogenated alkanes) is 1. The van der Waals surface area contributed by atoms with E-state index in [9.17, 15) is 4.79 Å². The molecule has 1 heteroatoms. The van der Waals surface area contributed by atoms with Gasteiger partial charge in [-0.05, 0) is 32.3 Å². The largest absolute Gasteiger partial charge is 0.295 e. The summed E-state index contributed by atoms with van der Waals surface area (Å²) in [5, 5.41) is 0. The van der Waals surface area contributed by atoms with E-state index in [1.54, 1.807) is 6.08 Å².